The summed E-state index contributed by atoms with van der Waals surface area (Å²) in [5.41, 5.74) is 1.20. The Morgan fingerprint density at radius 3 is 2.19 bits per heavy atom. The third-order valence-electron chi connectivity index (χ3n) is 3.18. The molecule has 2 aromatic carbocycles. The van der Waals surface area contributed by atoms with Crippen molar-refractivity contribution in [2.24, 2.45) is 0 Å². The van der Waals surface area contributed by atoms with E-state index in [2.05, 4.69) is 0 Å². The van der Waals surface area contributed by atoms with Gasteiger partial charge in [-0.3, -0.25) is 0 Å². The SMILES string of the molecule is C[Si](C)(Cc1ccccc1)OCc1cc(F)c(F)cc1F. The average molecular weight is 310 g/mol. The van der Waals surface area contributed by atoms with Crippen LogP contribution in [0.2, 0.25) is 13.1 Å². The zero-order valence-electron chi connectivity index (χ0n) is 12.0. The predicted octanol–water partition coefficient (Wildman–Crippen LogP) is 4.61. The first-order chi connectivity index (χ1) is 9.87. The highest BCUT2D eigenvalue weighted by atomic mass is 28.4. The highest BCUT2D eigenvalue weighted by Gasteiger charge is 2.24. The number of halogens is 3. The second kappa shape index (κ2) is 6.45. The standard InChI is InChI=1S/C16H17F3OSi/c1-21(2,11-12-6-4-3-5-7-12)20-10-13-8-15(18)16(19)9-14(13)17/h3-9H,10-11H2,1-2H3. The summed E-state index contributed by atoms with van der Waals surface area (Å²) in [6.45, 7) is 3.98. The molecule has 0 aliphatic heterocycles. The minimum atomic E-state index is -2.06. The van der Waals surface area contributed by atoms with Gasteiger partial charge in [-0.2, -0.15) is 0 Å². The van der Waals surface area contributed by atoms with Crippen molar-refractivity contribution in [1.82, 2.24) is 0 Å². The maximum atomic E-state index is 13.6. The van der Waals surface area contributed by atoms with Gasteiger partial charge in [0, 0.05) is 11.6 Å². The molecule has 0 atom stereocenters. The Labute approximate surface area is 123 Å². The summed E-state index contributed by atoms with van der Waals surface area (Å²) >= 11 is 0. The van der Waals surface area contributed by atoms with Gasteiger partial charge in [-0.15, -0.1) is 0 Å². The van der Waals surface area contributed by atoms with E-state index in [0.717, 1.165) is 17.7 Å². The molecule has 112 valence electrons. The molecule has 0 radical (unpaired) electrons. The lowest BCUT2D eigenvalue weighted by atomic mass is 10.2. The van der Waals surface area contributed by atoms with E-state index in [1.807, 2.05) is 43.4 Å². The van der Waals surface area contributed by atoms with Gasteiger partial charge in [0.2, 0.25) is 0 Å². The lowest BCUT2D eigenvalue weighted by Gasteiger charge is -2.23. The van der Waals surface area contributed by atoms with Crippen molar-refractivity contribution in [3.05, 3.63) is 71.0 Å². The maximum absolute atomic E-state index is 13.6. The van der Waals surface area contributed by atoms with Crippen LogP contribution >= 0.6 is 0 Å². The molecule has 2 aromatic rings. The normalized spacial score (nSPS) is 11.7. The van der Waals surface area contributed by atoms with Crippen LogP contribution in [0.3, 0.4) is 0 Å². The summed E-state index contributed by atoms with van der Waals surface area (Å²) in [6, 6.07) is 12.1. The molecular weight excluding hydrogens is 293 g/mol. The number of benzene rings is 2. The fourth-order valence-electron chi connectivity index (χ4n) is 2.09. The van der Waals surface area contributed by atoms with E-state index in [4.69, 9.17) is 4.43 Å². The van der Waals surface area contributed by atoms with Crippen molar-refractivity contribution in [2.75, 3.05) is 0 Å². The summed E-state index contributed by atoms with van der Waals surface area (Å²) in [5.74, 6) is -3.02. The fourth-order valence-corrected chi connectivity index (χ4v) is 3.95. The predicted molar refractivity (Wildman–Crippen MR) is 78.7 cm³/mol. The second-order valence-corrected chi connectivity index (χ2v) is 9.73. The molecule has 0 bridgehead atoms. The van der Waals surface area contributed by atoms with Gasteiger partial charge < -0.3 is 4.43 Å². The molecule has 0 unspecified atom stereocenters. The molecule has 0 saturated carbocycles. The molecule has 0 N–H and O–H groups in total. The minimum Gasteiger partial charge on any atom is -0.413 e. The molecule has 21 heavy (non-hydrogen) atoms. The fraction of sp³-hybridized carbons (Fsp3) is 0.250. The zero-order chi connectivity index (χ0) is 15.5. The van der Waals surface area contributed by atoms with Crippen LogP contribution in [0.4, 0.5) is 13.2 Å². The Balaban J connectivity index is 2.03. The topological polar surface area (TPSA) is 9.23 Å². The summed E-state index contributed by atoms with van der Waals surface area (Å²) in [7, 11) is -2.06. The molecule has 0 spiro atoms. The monoisotopic (exact) mass is 310 g/mol. The molecule has 0 aromatic heterocycles. The molecular formula is C16H17F3OSi. The zero-order valence-corrected chi connectivity index (χ0v) is 13.0. The van der Waals surface area contributed by atoms with Crippen molar-refractivity contribution in [2.45, 2.75) is 25.7 Å². The van der Waals surface area contributed by atoms with Gasteiger partial charge >= 0.3 is 0 Å². The number of hydrogen-bond acceptors (Lipinski definition) is 1. The van der Waals surface area contributed by atoms with E-state index in [9.17, 15) is 13.2 Å². The Bertz CT molecular complexity index is 614. The highest BCUT2D eigenvalue weighted by Crippen LogP contribution is 2.19. The lowest BCUT2D eigenvalue weighted by molar-refractivity contribution is 0.286. The molecule has 0 aliphatic carbocycles. The molecule has 0 heterocycles. The molecule has 0 amide bonds. The van der Waals surface area contributed by atoms with Crippen molar-refractivity contribution >= 4 is 8.32 Å². The van der Waals surface area contributed by atoms with Gasteiger partial charge in [0.05, 0.1) is 6.61 Å². The van der Waals surface area contributed by atoms with Crippen molar-refractivity contribution in [3.8, 4) is 0 Å². The van der Waals surface area contributed by atoms with Crippen molar-refractivity contribution in [3.63, 3.8) is 0 Å². The first kappa shape index (κ1) is 15.8. The van der Waals surface area contributed by atoms with Crippen LogP contribution in [0.5, 0.6) is 0 Å². The van der Waals surface area contributed by atoms with Gasteiger partial charge in [-0.25, -0.2) is 13.2 Å². The lowest BCUT2D eigenvalue weighted by Crippen LogP contribution is -2.33. The summed E-state index contributed by atoms with van der Waals surface area (Å²) in [5, 5.41) is 0. The molecule has 0 aliphatic rings. The number of rotatable bonds is 5. The third kappa shape index (κ3) is 4.44. The maximum Gasteiger partial charge on any atom is 0.191 e. The van der Waals surface area contributed by atoms with E-state index in [1.54, 1.807) is 0 Å². The summed E-state index contributed by atoms with van der Waals surface area (Å²) in [6.07, 6.45) is 0. The molecule has 0 fully saturated rings. The van der Waals surface area contributed by atoms with E-state index < -0.39 is 25.8 Å². The Hall–Kier alpha value is -1.59. The summed E-state index contributed by atoms with van der Waals surface area (Å²) in [4.78, 5) is 0. The first-order valence-electron chi connectivity index (χ1n) is 6.69. The minimum absolute atomic E-state index is 0.0440. The van der Waals surface area contributed by atoms with Gasteiger partial charge in [-0.05, 0) is 30.8 Å². The van der Waals surface area contributed by atoms with Crippen LogP contribution in [0.15, 0.2) is 42.5 Å². The van der Waals surface area contributed by atoms with Crippen LogP contribution in [0, 0.1) is 17.5 Å². The van der Waals surface area contributed by atoms with Crippen LogP contribution in [-0.4, -0.2) is 8.32 Å². The van der Waals surface area contributed by atoms with E-state index in [0.29, 0.717) is 6.07 Å². The van der Waals surface area contributed by atoms with Crippen LogP contribution in [0.25, 0.3) is 0 Å². The Morgan fingerprint density at radius 2 is 1.52 bits per heavy atom. The van der Waals surface area contributed by atoms with Crippen molar-refractivity contribution < 1.29 is 17.6 Å². The van der Waals surface area contributed by atoms with Crippen molar-refractivity contribution in [1.29, 1.82) is 0 Å². The van der Waals surface area contributed by atoms with Gasteiger partial charge in [0.15, 0.2) is 20.0 Å². The average Bonchev–Trinajstić information content (AvgIpc) is 2.42. The Kier molecular flexibility index (Phi) is 4.85. The van der Waals surface area contributed by atoms with Crippen LogP contribution < -0.4 is 0 Å². The molecule has 2 rings (SSSR count). The second-order valence-electron chi connectivity index (χ2n) is 5.57. The third-order valence-corrected chi connectivity index (χ3v) is 5.37. The van der Waals surface area contributed by atoms with E-state index in [-0.39, 0.29) is 12.2 Å². The molecule has 5 heteroatoms. The first-order valence-corrected chi connectivity index (χ1v) is 9.80. The van der Waals surface area contributed by atoms with Crippen LogP contribution in [-0.2, 0) is 17.1 Å². The quantitative estimate of drug-likeness (QED) is 0.579. The molecule has 1 nitrogen and oxygen atoms in total. The van der Waals surface area contributed by atoms with Crippen LogP contribution in [0.1, 0.15) is 11.1 Å². The van der Waals surface area contributed by atoms with E-state index in [1.165, 1.54) is 0 Å². The largest absolute Gasteiger partial charge is 0.413 e. The smallest absolute Gasteiger partial charge is 0.191 e. The van der Waals surface area contributed by atoms with E-state index >= 15 is 0 Å². The highest BCUT2D eigenvalue weighted by molar-refractivity contribution is 6.70. The van der Waals surface area contributed by atoms with Gasteiger partial charge in [0.25, 0.3) is 0 Å². The number of hydrogen-bond donors (Lipinski definition) is 0. The molecule has 0 saturated heterocycles. The Morgan fingerprint density at radius 1 is 0.905 bits per heavy atom. The van der Waals surface area contributed by atoms with Gasteiger partial charge in [-0.1, -0.05) is 30.3 Å². The summed E-state index contributed by atoms with van der Waals surface area (Å²) < 4.78 is 45.4. The van der Waals surface area contributed by atoms with Gasteiger partial charge in [0.1, 0.15) is 5.82 Å².